The molecule has 0 aliphatic rings. The molecule has 0 spiro atoms. The molecule has 1 N–H and O–H groups in total. The van der Waals surface area contributed by atoms with Gasteiger partial charge in [-0.3, -0.25) is 4.79 Å². The highest BCUT2D eigenvalue weighted by atomic mass is 16.5. The third-order valence-electron chi connectivity index (χ3n) is 2.55. The van der Waals surface area contributed by atoms with Gasteiger partial charge in [-0.15, -0.1) is 0 Å². The van der Waals surface area contributed by atoms with E-state index in [2.05, 4.69) is 28.8 Å². The molecule has 0 aliphatic heterocycles. The number of ether oxygens (including phenoxy) is 1. The van der Waals surface area contributed by atoms with E-state index in [4.69, 9.17) is 0 Å². The molecule has 0 fully saturated rings. The number of carbonyl (C=O) groups is 1. The number of methoxy groups -OCH3 is 1. The molecular weight excluding hydrogens is 192 g/mol. The smallest absolute Gasteiger partial charge is 0.322 e. The van der Waals surface area contributed by atoms with E-state index in [0.29, 0.717) is 0 Å². The Hall–Kier alpha value is -0.610. The highest BCUT2D eigenvalue weighted by molar-refractivity contribution is 5.74. The first-order valence-electron chi connectivity index (χ1n) is 5.69. The first-order valence-corrected chi connectivity index (χ1v) is 5.69. The van der Waals surface area contributed by atoms with Crippen molar-refractivity contribution in [3.8, 4) is 0 Å². The Bertz CT molecular complexity index is 170. The maximum Gasteiger partial charge on any atom is 0.322 e. The van der Waals surface area contributed by atoms with Crippen LogP contribution in [0.5, 0.6) is 0 Å². The van der Waals surface area contributed by atoms with Crippen molar-refractivity contribution in [1.29, 1.82) is 0 Å². The Morgan fingerprint density at radius 2 is 2.00 bits per heavy atom. The summed E-state index contributed by atoms with van der Waals surface area (Å²) < 4.78 is 4.62. The number of hydrogen-bond donors (Lipinski definition) is 1. The van der Waals surface area contributed by atoms with Crippen molar-refractivity contribution in [2.24, 2.45) is 0 Å². The second-order valence-corrected chi connectivity index (χ2v) is 3.58. The van der Waals surface area contributed by atoms with E-state index in [-0.39, 0.29) is 12.0 Å². The normalized spacial score (nSPS) is 12.9. The van der Waals surface area contributed by atoms with Crippen LogP contribution in [0.4, 0.5) is 0 Å². The maximum absolute atomic E-state index is 11.1. The molecule has 4 heteroatoms. The third kappa shape index (κ3) is 6.47. The van der Waals surface area contributed by atoms with Gasteiger partial charge in [0.15, 0.2) is 0 Å². The minimum atomic E-state index is -0.202. The van der Waals surface area contributed by atoms with Gasteiger partial charge < -0.3 is 15.0 Å². The van der Waals surface area contributed by atoms with E-state index < -0.39 is 0 Å². The van der Waals surface area contributed by atoms with Gasteiger partial charge in [-0.25, -0.2) is 0 Å². The van der Waals surface area contributed by atoms with Gasteiger partial charge in [-0.1, -0.05) is 13.8 Å². The highest BCUT2D eigenvalue weighted by Crippen LogP contribution is 1.91. The molecule has 1 unspecified atom stereocenters. The summed E-state index contributed by atoms with van der Waals surface area (Å²) in [6.07, 6.45) is 1.06. The molecule has 90 valence electrons. The van der Waals surface area contributed by atoms with E-state index in [1.54, 1.807) is 0 Å². The average Bonchev–Trinajstić information content (AvgIpc) is 2.27. The Morgan fingerprint density at radius 1 is 1.40 bits per heavy atom. The zero-order chi connectivity index (χ0) is 11.7. The fraction of sp³-hybridized carbons (Fsp3) is 0.909. The molecule has 0 saturated heterocycles. The minimum absolute atomic E-state index is 0.196. The van der Waals surface area contributed by atoms with Gasteiger partial charge in [0.1, 0.15) is 6.04 Å². The minimum Gasteiger partial charge on any atom is -0.468 e. The molecule has 0 aromatic rings. The van der Waals surface area contributed by atoms with Crippen LogP contribution in [0.3, 0.4) is 0 Å². The second-order valence-electron chi connectivity index (χ2n) is 3.58. The fourth-order valence-electron chi connectivity index (χ4n) is 1.42. The summed E-state index contributed by atoms with van der Waals surface area (Å²) in [5.74, 6) is -0.196. The Kier molecular flexibility index (Phi) is 8.33. The molecule has 15 heavy (non-hydrogen) atoms. The number of carbonyl (C=O) groups excluding carboxylic acids is 1. The lowest BCUT2D eigenvalue weighted by molar-refractivity contribution is -0.142. The number of esters is 1. The summed E-state index contributed by atoms with van der Waals surface area (Å²) in [4.78, 5) is 13.4. The molecule has 0 bridgehead atoms. The van der Waals surface area contributed by atoms with Crippen molar-refractivity contribution < 1.29 is 9.53 Å². The molecule has 0 aromatic heterocycles. The maximum atomic E-state index is 11.1. The van der Waals surface area contributed by atoms with Crippen LogP contribution in [0.25, 0.3) is 0 Å². The lowest BCUT2D eigenvalue weighted by Gasteiger charge is -2.18. The van der Waals surface area contributed by atoms with Crippen LogP contribution < -0.4 is 5.32 Å². The van der Waals surface area contributed by atoms with Crippen molar-refractivity contribution in [2.75, 3.05) is 33.3 Å². The van der Waals surface area contributed by atoms with Gasteiger partial charge in [0.25, 0.3) is 0 Å². The van der Waals surface area contributed by atoms with Gasteiger partial charge in [-0.2, -0.15) is 0 Å². The molecule has 4 nitrogen and oxygen atoms in total. The van der Waals surface area contributed by atoms with E-state index >= 15 is 0 Å². The average molecular weight is 216 g/mol. The standard InChI is InChI=1S/C11H24N2O2/c1-5-13(6-2)9-7-8-12-10(3)11(14)15-4/h10,12H,5-9H2,1-4H3. The molecule has 0 aliphatic carbocycles. The number of rotatable bonds is 8. The molecule has 0 heterocycles. The van der Waals surface area contributed by atoms with Gasteiger partial charge in [-0.05, 0) is 39.5 Å². The number of nitrogens with one attached hydrogen (secondary N) is 1. The monoisotopic (exact) mass is 216 g/mol. The summed E-state index contributed by atoms with van der Waals surface area (Å²) in [6.45, 7) is 10.2. The predicted molar refractivity (Wildman–Crippen MR) is 61.9 cm³/mol. The summed E-state index contributed by atoms with van der Waals surface area (Å²) in [5, 5.41) is 3.14. The Balaban J connectivity index is 3.49. The predicted octanol–water partition coefficient (Wildman–Crippen LogP) is 0.869. The first kappa shape index (κ1) is 14.4. The van der Waals surface area contributed by atoms with Crippen LogP contribution in [0.2, 0.25) is 0 Å². The molecular formula is C11H24N2O2. The van der Waals surface area contributed by atoms with Crippen LogP contribution >= 0.6 is 0 Å². The van der Waals surface area contributed by atoms with Crippen molar-refractivity contribution in [3.63, 3.8) is 0 Å². The van der Waals surface area contributed by atoms with Gasteiger partial charge in [0, 0.05) is 0 Å². The third-order valence-corrected chi connectivity index (χ3v) is 2.55. The van der Waals surface area contributed by atoms with Crippen LogP contribution in [0, 0.1) is 0 Å². The van der Waals surface area contributed by atoms with Gasteiger partial charge in [0.05, 0.1) is 7.11 Å². The second kappa shape index (κ2) is 8.68. The first-order chi connectivity index (χ1) is 7.15. The molecule has 0 amide bonds. The highest BCUT2D eigenvalue weighted by Gasteiger charge is 2.11. The summed E-state index contributed by atoms with van der Waals surface area (Å²) >= 11 is 0. The van der Waals surface area contributed by atoms with Crippen LogP contribution in [0.1, 0.15) is 27.2 Å². The molecule has 0 rings (SSSR count). The molecule has 1 atom stereocenters. The number of hydrogen-bond acceptors (Lipinski definition) is 4. The molecule has 0 aromatic carbocycles. The lowest BCUT2D eigenvalue weighted by Crippen LogP contribution is -2.36. The Labute approximate surface area is 93.0 Å². The lowest BCUT2D eigenvalue weighted by atomic mass is 10.3. The zero-order valence-corrected chi connectivity index (χ0v) is 10.4. The SMILES string of the molecule is CCN(CC)CCCNC(C)C(=O)OC. The van der Waals surface area contributed by atoms with Gasteiger partial charge in [0.2, 0.25) is 0 Å². The quantitative estimate of drug-likeness (QED) is 0.483. The molecule has 0 radical (unpaired) electrons. The summed E-state index contributed by atoms with van der Waals surface area (Å²) in [7, 11) is 1.41. The van der Waals surface area contributed by atoms with E-state index in [1.807, 2.05) is 6.92 Å². The summed E-state index contributed by atoms with van der Waals surface area (Å²) in [6, 6.07) is -0.202. The van der Waals surface area contributed by atoms with E-state index in [9.17, 15) is 4.79 Å². The van der Waals surface area contributed by atoms with Crippen LogP contribution in [0.15, 0.2) is 0 Å². The van der Waals surface area contributed by atoms with Gasteiger partial charge >= 0.3 is 5.97 Å². The van der Waals surface area contributed by atoms with Crippen molar-refractivity contribution in [2.45, 2.75) is 33.2 Å². The van der Waals surface area contributed by atoms with Crippen LogP contribution in [-0.4, -0.2) is 50.2 Å². The van der Waals surface area contributed by atoms with E-state index in [0.717, 1.165) is 32.6 Å². The van der Waals surface area contributed by atoms with Crippen molar-refractivity contribution in [1.82, 2.24) is 10.2 Å². The fourth-order valence-corrected chi connectivity index (χ4v) is 1.42. The molecule has 0 saturated carbocycles. The topological polar surface area (TPSA) is 41.6 Å². The van der Waals surface area contributed by atoms with Crippen LogP contribution in [-0.2, 0) is 9.53 Å². The van der Waals surface area contributed by atoms with Crippen molar-refractivity contribution in [3.05, 3.63) is 0 Å². The zero-order valence-electron chi connectivity index (χ0n) is 10.4. The van der Waals surface area contributed by atoms with Crippen molar-refractivity contribution >= 4 is 5.97 Å². The largest absolute Gasteiger partial charge is 0.468 e. The van der Waals surface area contributed by atoms with E-state index in [1.165, 1.54) is 7.11 Å². The summed E-state index contributed by atoms with van der Waals surface area (Å²) in [5.41, 5.74) is 0. The number of nitrogens with zero attached hydrogens (tertiary/aromatic N) is 1. The Morgan fingerprint density at radius 3 is 2.47 bits per heavy atom.